The van der Waals surface area contributed by atoms with E-state index in [1.165, 1.54) is 11.1 Å². The Balaban J connectivity index is 2.38. The third-order valence-electron chi connectivity index (χ3n) is 2.80. The molecule has 2 aromatic rings. The fraction of sp³-hybridized carbons (Fsp3) is 0.200. The molecule has 0 radical (unpaired) electrons. The molecule has 1 nitrogen and oxygen atoms in total. The summed E-state index contributed by atoms with van der Waals surface area (Å²) in [5.41, 5.74) is 10.0. The summed E-state index contributed by atoms with van der Waals surface area (Å²) in [7, 11) is 0. The van der Waals surface area contributed by atoms with E-state index in [9.17, 15) is 0 Å². The predicted octanol–water partition coefficient (Wildman–Crippen LogP) is 4.54. The highest BCUT2D eigenvalue weighted by Gasteiger charge is 2.02. The van der Waals surface area contributed by atoms with Crippen LogP contribution in [0.4, 0.5) is 5.69 Å². The van der Waals surface area contributed by atoms with E-state index >= 15 is 0 Å². The topological polar surface area (TPSA) is 26.0 Å². The number of nitrogen functional groups attached to an aromatic ring is 1. The van der Waals surface area contributed by atoms with E-state index in [0.29, 0.717) is 10.7 Å². The molecule has 2 rings (SSSR count). The van der Waals surface area contributed by atoms with E-state index in [4.69, 9.17) is 17.3 Å². The lowest BCUT2D eigenvalue weighted by atomic mass is 10.0. The molecule has 2 aromatic carbocycles. The van der Waals surface area contributed by atoms with E-state index in [-0.39, 0.29) is 0 Å². The zero-order valence-electron chi connectivity index (χ0n) is 9.91. The van der Waals surface area contributed by atoms with Gasteiger partial charge in [0, 0.05) is 0 Å². The van der Waals surface area contributed by atoms with Gasteiger partial charge < -0.3 is 5.73 Å². The molecule has 0 spiro atoms. The lowest BCUT2D eigenvalue weighted by molar-refractivity contribution is 0.922. The third kappa shape index (κ3) is 2.80. The van der Waals surface area contributed by atoms with Gasteiger partial charge in [-0.1, -0.05) is 55.3 Å². The van der Waals surface area contributed by atoms with Gasteiger partial charge in [0.05, 0.1) is 10.7 Å². The quantitative estimate of drug-likeness (QED) is 0.790. The summed E-state index contributed by atoms with van der Waals surface area (Å²) < 4.78 is 0. The highest BCUT2D eigenvalue weighted by molar-refractivity contribution is 6.33. The summed E-state index contributed by atoms with van der Waals surface area (Å²) in [6.45, 7) is 2.19. The molecule has 0 aliphatic carbocycles. The third-order valence-corrected chi connectivity index (χ3v) is 3.13. The number of rotatable bonds is 3. The van der Waals surface area contributed by atoms with Gasteiger partial charge in [-0.05, 0) is 35.2 Å². The Morgan fingerprint density at radius 2 is 1.82 bits per heavy atom. The van der Waals surface area contributed by atoms with E-state index < -0.39 is 0 Å². The van der Waals surface area contributed by atoms with Crippen molar-refractivity contribution < 1.29 is 0 Å². The number of hydrogen-bond acceptors (Lipinski definition) is 1. The molecule has 0 atom stereocenters. The van der Waals surface area contributed by atoms with E-state index in [0.717, 1.165) is 18.4 Å². The summed E-state index contributed by atoms with van der Waals surface area (Å²) in [6, 6.07) is 14.3. The van der Waals surface area contributed by atoms with Crippen molar-refractivity contribution in [1.82, 2.24) is 0 Å². The highest BCUT2D eigenvalue weighted by atomic mass is 35.5. The average molecular weight is 246 g/mol. The van der Waals surface area contributed by atoms with Crippen molar-refractivity contribution >= 4 is 17.3 Å². The van der Waals surface area contributed by atoms with E-state index in [1.54, 1.807) is 0 Å². The van der Waals surface area contributed by atoms with Crippen LogP contribution in [0.5, 0.6) is 0 Å². The number of anilines is 1. The van der Waals surface area contributed by atoms with Crippen LogP contribution in [0.25, 0.3) is 11.1 Å². The van der Waals surface area contributed by atoms with Crippen LogP contribution < -0.4 is 5.73 Å². The number of benzene rings is 2. The van der Waals surface area contributed by atoms with Crippen LogP contribution in [0.3, 0.4) is 0 Å². The Labute approximate surface area is 107 Å². The van der Waals surface area contributed by atoms with Gasteiger partial charge in [-0.25, -0.2) is 0 Å². The van der Waals surface area contributed by atoms with Crippen LogP contribution in [0.2, 0.25) is 5.02 Å². The monoisotopic (exact) mass is 245 g/mol. The van der Waals surface area contributed by atoms with Crippen molar-refractivity contribution in [2.45, 2.75) is 19.8 Å². The van der Waals surface area contributed by atoms with E-state index in [1.807, 2.05) is 18.2 Å². The first-order valence-electron chi connectivity index (χ1n) is 5.85. The van der Waals surface area contributed by atoms with Crippen molar-refractivity contribution in [2.75, 3.05) is 5.73 Å². The summed E-state index contributed by atoms with van der Waals surface area (Å²) in [6.07, 6.45) is 2.27. The fourth-order valence-electron chi connectivity index (χ4n) is 1.90. The maximum absolute atomic E-state index is 6.04. The van der Waals surface area contributed by atoms with Crippen LogP contribution in [0.15, 0.2) is 42.5 Å². The molecule has 0 aliphatic heterocycles. The lowest BCUT2D eigenvalue weighted by Crippen LogP contribution is -1.88. The largest absolute Gasteiger partial charge is 0.398 e. The molecule has 2 heteroatoms. The molecule has 0 saturated heterocycles. The minimum atomic E-state index is 0.614. The molecule has 2 N–H and O–H groups in total. The molecular weight excluding hydrogens is 230 g/mol. The van der Waals surface area contributed by atoms with Crippen LogP contribution >= 0.6 is 11.6 Å². The maximum Gasteiger partial charge on any atom is 0.0641 e. The minimum Gasteiger partial charge on any atom is -0.398 e. The number of aryl methyl sites for hydroxylation is 1. The standard InChI is InChI=1S/C15H16ClN/c1-2-4-11-5-3-6-12(9-11)13-7-8-15(17)14(16)10-13/h3,5-10H,2,4,17H2,1H3. The lowest BCUT2D eigenvalue weighted by Gasteiger charge is -2.06. The number of hydrogen-bond donors (Lipinski definition) is 1. The van der Waals surface area contributed by atoms with Crippen LogP contribution in [0.1, 0.15) is 18.9 Å². The van der Waals surface area contributed by atoms with Crippen molar-refractivity contribution in [3.8, 4) is 11.1 Å². The summed E-state index contributed by atoms with van der Waals surface area (Å²) in [5, 5.41) is 0.614. The van der Waals surface area contributed by atoms with Gasteiger partial charge in [0.15, 0.2) is 0 Å². The molecule has 0 aromatic heterocycles. The first-order valence-corrected chi connectivity index (χ1v) is 6.23. The summed E-state index contributed by atoms with van der Waals surface area (Å²) in [5.74, 6) is 0. The Hall–Kier alpha value is -1.47. The number of halogens is 1. The smallest absolute Gasteiger partial charge is 0.0641 e. The SMILES string of the molecule is CCCc1cccc(-c2ccc(N)c(Cl)c2)c1. The fourth-order valence-corrected chi connectivity index (χ4v) is 2.08. The van der Waals surface area contributed by atoms with Crippen molar-refractivity contribution in [1.29, 1.82) is 0 Å². The van der Waals surface area contributed by atoms with Gasteiger partial charge in [0.1, 0.15) is 0 Å². The van der Waals surface area contributed by atoms with Gasteiger partial charge >= 0.3 is 0 Å². The molecule has 0 heterocycles. The molecule has 88 valence electrons. The van der Waals surface area contributed by atoms with E-state index in [2.05, 4.69) is 31.2 Å². The maximum atomic E-state index is 6.04. The second-order valence-corrected chi connectivity index (χ2v) is 4.59. The molecule has 0 aliphatic rings. The molecule has 17 heavy (non-hydrogen) atoms. The second-order valence-electron chi connectivity index (χ2n) is 4.19. The van der Waals surface area contributed by atoms with Crippen molar-refractivity contribution in [2.24, 2.45) is 0 Å². The molecule has 0 saturated carbocycles. The van der Waals surface area contributed by atoms with Gasteiger partial charge in [-0.2, -0.15) is 0 Å². The Kier molecular flexibility index (Phi) is 3.70. The Bertz CT molecular complexity index is 520. The number of nitrogens with two attached hydrogens (primary N) is 1. The molecule has 0 unspecified atom stereocenters. The van der Waals surface area contributed by atoms with Gasteiger partial charge in [0.2, 0.25) is 0 Å². The van der Waals surface area contributed by atoms with Gasteiger partial charge in [-0.3, -0.25) is 0 Å². The predicted molar refractivity (Wildman–Crippen MR) is 75.3 cm³/mol. The zero-order chi connectivity index (χ0) is 12.3. The summed E-state index contributed by atoms with van der Waals surface area (Å²) in [4.78, 5) is 0. The summed E-state index contributed by atoms with van der Waals surface area (Å²) >= 11 is 6.04. The second kappa shape index (κ2) is 5.24. The first-order chi connectivity index (χ1) is 8.20. The van der Waals surface area contributed by atoms with Crippen LogP contribution in [0, 0.1) is 0 Å². The van der Waals surface area contributed by atoms with Crippen LogP contribution in [-0.4, -0.2) is 0 Å². The van der Waals surface area contributed by atoms with Gasteiger partial charge in [-0.15, -0.1) is 0 Å². The Morgan fingerprint density at radius 3 is 2.53 bits per heavy atom. The average Bonchev–Trinajstić information content (AvgIpc) is 2.33. The molecular formula is C15H16ClN. The molecule has 0 fully saturated rings. The highest BCUT2D eigenvalue weighted by Crippen LogP contribution is 2.27. The zero-order valence-corrected chi connectivity index (χ0v) is 10.7. The molecule has 0 amide bonds. The first kappa shape index (κ1) is 12.0. The van der Waals surface area contributed by atoms with Crippen LogP contribution in [-0.2, 0) is 6.42 Å². The van der Waals surface area contributed by atoms with Gasteiger partial charge in [0.25, 0.3) is 0 Å². The normalized spacial score (nSPS) is 10.5. The van der Waals surface area contributed by atoms with Crippen molar-refractivity contribution in [3.63, 3.8) is 0 Å². The van der Waals surface area contributed by atoms with Crippen molar-refractivity contribution in [3.05, 3.63) is 53.1 Å². The molecule has 0 bridgehead atoms. The minimum absolute atomic E-state index is 0.614. The Morgan fingerprint density at radius 1 is 1.06 bits per heavy atom.